The van der Waals surface area contributed by atoms with E-state index in [0.29, 0.717) is 29.6 Å². The van der Waals surface area contributed by atoms with Gasteiger partial charge in [-0.25, -0.2) is 0 Å². The lowest BCUT2D eigenvalue weighted by Gasteiger charge is -2.61. The zero-order valence-electron chi connectivity index (χ0n) is 20.1. The molecule has 0 aliphatic heterocycles. The highest BCUT2D eigenvalue weighted by Crippen LogP contribution is 2.68. The van der Waals surface area contributed by atoms with Gasteiger partial charge in [0, 0.05) is 12.1 Å². The molecule has 0 spiro atoms. The van der Waals surface area contributed by atoms with E-state index < -0.39 is 5.60 Å². The Balaban J connectivity index is 1.33. The predicted octanol–water partition coefficient (Wildman–Crippen LogP) is 5.42. The highest BCUT2D eigenvalue weighted by molar-refractivity contribution is 5.82. The lowest BCUT2D eigenvalue weighted by atomic mass is 9.44. The van der Waals surface area contributed by atoms with Gasteiger partial charge in [0.05, 0.1) is 18.3 Å². The van der Waals surface area contributed by atoms with Gasteiger partial charge >= 0.3 is 0 Å². The van der Waals surface area contributed by atoms with Gasteiger partial charge in [0.2, 0.25) is 0 Å². The maximum Gasteiger partial charge on any atom is 0.157 e. The SMILES string of the molecule is CCc1cnn(CC(=O)[C@H]2CC[C@H]3[C@@H]4CC[C@H]5C[C@](C)(O)CC[C@]5(C)[C@H]4CC[C@]23C)c1. The lowest BCUT2D eigenvalue weighted by molar-refractivity contribution is -0.151. The minimum atomic E-state index is -0.463. The van der Waals surface area contributed by atoms with E-state index in [1.165, 1.54) is 44.1 Å². The summed E-state index contributed by atoms with van der Waals surface area (Å²) in [4.78, 5) is 13.4. The summed E-state index contributed by atoms with van der Waals surface area (Å²) in [6.07, 6.45) is 15.4. The number of hydrogen-bond acceptors (Lipinski definition) is 3. The average molecular weight is 427 g/mol. The second-order valence-corrected chi connectivity index (χ2v) is 12.4. The van der Waals surface area contributed by atoms with Crippen molar-refractivity contribution in [1.82, 2.24) is 9.78 Å². The molecule has 172 valence electrons. The van der Waals surface area contributed by atoms with E-state index in [4.69, 9.17) is 0 Å². The quantitative estimate of drug-likeness (QED) is 0.699. The van der Waals surface area contributed by atoms with Crippen molar-refractivity contribution < 1.29 is 9.90 Å². The van der Waals surface area contributed by atoms with Crippen molar-refractivity contribution in [2.24, 2.45) is 40.4 Å². The standard InChI is InChI=1S/C27H42N2O2/c1-5-18-15-28-29(16-18)17-24(30)23-9-8-21-20-7-6-19-14-25(2,31)12-13-26(19,3)22(20)10-11-27(21,23)4/h15-16,19-23,31H,5-14,17H2,1-4H3/t19-,20-,21-,22-,23+,25+,26-,27-/m0/s1. The van der Waals surface area contributed by atoms with Gasteiger partial charge in [0.1, 0.15) is 0 Å². The average Bonchev–Trinajstić information content (AvgIpc) is 3.31. The summed E-state index contributed by atoms with van der Waals surface area (Å²) in [6.45, 7) is 9.62. The van der Waals surface area contributed by atoms with E-state index in [1.807, 2.05) is 24.0 Å². The fourth-order valence-corrected chi connectivity index (χ4v) is 8.91. The van der Waals surface area contributed by atoms with Crippen LogP contribution in [-0.4, -0.2) is 26.3 Å². The van der Waals surface area contributed by atoms with Crippen LogP contribution in [0.5, 0.6) is 0 Å². The summed E-state index contributed by atoms with van der Waals surface area (Å²) in [5.74, 6) is 3.54. The molecule has 4 aliphatic rings. The number of nitrogens with zero attached hydrogens (tertiary/aromatic N) is 2. The van der Waals surface area contributed by atoms with E-state index in [2.05, 4.69) is 25.9 Å². The molecule has 5 rings (SSSR count). The zero-order chi connectivity index (χ0) is 22.0. The Hall–Kier alpha value is -1.16. The molecule has 0 aromatic carbocycles. The largest absolute Gasteiger partial charge is 0.390 e. The van der Waals surface area contributed by atoms with Crippen LogP contribution in [0.15, 0.2) is 12.4 Å². The number of fused-ring (bicyclic) bond motifs is 5. The van der Waals surface area contributed by atoms with Crippen LogP contribution >= 0.6 is 0 Å². The van der Waals surface area contributed by atoms with Gasteiger partial charge < -0.3 is 5.11 Å². The normalized spacial score (nSPS) is 46.8. The smallest absolute Gasteiger partial charge is 0.157 e. The van der Waals surface area contributed by atoms with E-state index >= 15 is 0 Å². The van der Waals surface area contributed by atoms with Crippen molar-refractivity contribution in [3.8, 4) is 0 Å². The van der Waals surface area contributed by atoms with E-state index in [9.17, 15) is 9.90 Å². The molecule has 8 atom stereocenters. The molecule has 4 aliphatic carbocycles. The van der Waals surface area contributed by atoms with Crippen LogP contribution in [0.3, 0.4) is 0 Å². The summed E-state index contributed by atoms with van der Waals surface area (Å²) in [6, 6.07) is 0. The minimum Gasteiger partial charge on any atom is -0.390 e. The third-order valence-corrected chi connectivity index (χ3v) is 10.8. The van der Waals surface area contributed by atoms with Crippen LogP contribution in [-0.2, 0) is 17.8 Å². The van der Waals surface area contributed by atoms with Crippen molar-refractivity contribution in [2.45, 2.75) is 104 Å². The first kappa shape index (κ1) is 21.7. The van der Waals surface area contributed by atoms with Gasteiger partial charge in [-0.3, -0.25) is 9.48 Å². The summed E-state index contributed by atoms with van der Waals surface area (Å²) in [7, 11) is 0. The number of aromatic nitrogens is 2. The van der Waals surface area contributed by atoms with E-state index in [1.54, 1.807) is 0 Å². The summed E-state index contributed by atoms with van der Waals surface area (Å²) < 4.78 is 1.86. The molecule has 0 saturated heterocycles. The number of hydrogen-bond donors (Lipinski definition) is 1. The first-order valence-electron chi connectivity index (χ1n) is 12.9. The van der Waals surface area contributed by atoms with E-state index in [-0.39, 0.29) is 11.3 Å². The van der Waals surface area contributed by atoms with Crippen molar-refractivity contribution >= 4 is 5.78 Å². The molecule has 0 bridgehead atoms. The number of ketones is 1. The monoisotopic (exact) mass is 426 g/mol. The zero-order valence-corrected chi connectivity index (χ0v) is 20.1. The molecule has 4 nitrogen and oxygen atoms in total. The first-order valence-corrected chi connectivity index (χ1v) is 12.9. The Bertz CT molecular complexity index is 844. The summed E-state index contributed by atoms with van der Waals surface area (Å²) in [5.41, 5.74) is 1.30. The van der Waals surface area contributed by atoms with Gasteiger partial charge in [0.15, 0.2) is 5.78 Å². The molecule has 4 saturated carbocycles. The Kier molecular flexibility index (Phi) is 5.20. The van der Waals surface area contributed by atoms with Gasteiger partial charge in [0.25, 0.3) is 0 Å². The molecule has 0 radical (unpaired) electrons. The number of carbonyl (C=O) groups excluding carboxylic acids is 1. The Morgan fingerprint density at radius 2 is 1.84 bits per heavy atom. The predicted molar refractivity (Wildman–Crippen MR) is 122 cm³/mol. The number of aliphatic hydroxyl groups is 1. The van der Waals surface area contributed by atoms with Crippen LogP contribution in [0.25, 0.3) is 0 Å². The van der Waals surface area contributed by atoms with Gasteiger partial charge in [-0.05, 0) is 111 Å². The second kappa shape index (κ2) is 7.43. The number of carbonyl (C=O) groups is 1. The van der Waals surface area contributed by atoms with Crippen molar-refractivity contribution in [1.29, 1.82) is 0 Å². The van der Waals surface area contributed by atoms with Crippen LogP contribution in [0, 0.1) is 40.4 Å². The second-order valence-electron chi connectivity index (χ2n) is 12.4. The van der Waals surface area contributed by atoms with Crippen LogP contribution in [0.1, 0.15) is 91.0 Å². The van der Waals surface area contributed by atoms with Crippen LogP contribution in [0.4, 0.5) is 0 Å². The lowest BCUT2D eigenvalue weighted by Crippen LogP contribution is -2.55. The number of rotatable bonds is 4. The molecular formula is C27H42N2O2. The molecular weight excluding hydrogens is 384 g/mol. The van der Waals surface area contributed by atoms with E-state index in [0.717, 1.165) is 37.5 Å². The molecule has 1 aromatic heterocycles. The maximum atomic E-state index is 13.4. The van der Waals surface area contributed by atoms with Gasteiger partial charge in [-0.1, -0.05) is 20.8 Å². The fraction of sp³-hybridized carbons (Fsp3) is 0.852. The third-order valence-electron chi connectivity index (χ3n) is 10.8. The Morgan fingerprint density at radius 3 is 2.58 bits per heavy atom. The molecule has 31 heavy (non-hydrogen) atoms. The van der Waals surface area contributed by atoms with Crippen molar-refractivity contribution in [2.75, 3.05) is 0 Å². The van der Waals surface area contributed by atoms with Crippen LogP contribution in [0.2, 0.25) is 0 Å². The highest BCUT2D eigenvalue weighted by Gasteiger charge is 2.61. The molecule has 4 heteroatoms. The Labute approximate surface area is 188 Å². The third kappa shape index (κ3) is 3.43. The number of aryl methyl sites for hydroxylation is 1. The maximum absolute atomic E-state index is 13.4. The van der Waals surface area contributed by atoms with Gasteiger partial charge in [-0.2, -0.15) is 5.10 Å². The fourth-order valence-electron chi connectivity index (χ4n) is 8.91. The molecule has 1 aromatic rings. The molecule has 1 N–H and O–H groups in total. The van der Waals surface area contributed by atoms with Crippen molar-refractivity contribution in [3.05, 3.63) is 18.0 Å². The summed E-state index contributed by atoms with van der Waals surface area (Å²) >= 11 is 0. The highest BCUT2D eigenvalue weighted by atomic mass is 16.3. The summed E-state index contributed by atoms with van der Waals surface area (Å²) in [5, 5.41) is 15.1. The molecule has 0 amide bonds. The number of Topliss-reactive ketones (excluding diaryl/α,β-unsaturated/α-hetero) is 1. The molecule has 1 heterocycles. The van der Waals surface area contributed by atoms with Crippen LogP contribution < -0.4 is 0 Å². The van der Waals surface area contributed by atoms with Gasteiger partial charge in [-0.15, -0.1) is 0 Å². The Morgan fingerprint density at radius 1 is 1.06 bits per heavy atom. The molecule has 0 unspecified atom stereocenters. The van der Waals surface area contributed by atoms with Crippen molar-refractivity contribution in [3.63, 3.8) is 0 Å². The first-order chi connectivity index (χ1) is 14.7. The minimum absolute atomic E-state index is 0.169. The molecule has 4 fully saturated rings. The topological polar surface area (TPSA) is 55.1 Å².